The second-order valence-electron chi connectivity index (χ2n) is 5.13. The third-order valence-electron chi connectivity index (χ3n) is 3.51. The van der Waals surface area contributed by atoms with Crippen LogP contribution in [0.2, 0.25) is 0 Å². The molecule has 0 atom stereocenters. The highest BCUT2D eigenvalue weighted by Gasteiger charge is 2.13. The van der Waals surface area contributed by atoms with Crippen LogP contribution in [0.5, 0.6) is 11.5 Å². The molecule has 126 valence electrons. The molecule has 0 aliphatic rings. The quantitative estimate of drug-likeness (QED) is 0.492. The summed E-state index contributed by atoms with van der Waals surface area (Å²) in [5.74, 6) is 0.305. The van der Waals surface area contributed by atoms with Gasteiger partial charge in [0.2, 0.25) is 0 Å². The zero-order valence-corrected chi connectivity index (χ0v) is 13.4. The fourth-order valence-electron chi connectivity index (χ4n) is 2.25. The van der Waals surface area contributed by atoms with Crippen molar-refractivity contribution in [2.24, 2.45) is 5.10 Å². The molecule has 0 aliphatic carbocycles. The largest absolute Gasteiger partial charge is 0.507 e. The summed E-state index contributed by atoms with van der Waals surface area (Å²) in [5, 5.41) is 20.3. The summed E-state index contributed by atoms with van der Waals surface area (Å²) in [6.07, 6.45) is 1.37. The summed E-state index contributed by atoms with van der Waals surface area (Å²) < 4.78 is 5.29. The van der Waals surface area contributed by atoms with Gasteiger partial charge >= 0.3 is 0 Å². The van der Waals surface area contributed by atoms with Crippen LogP contribution in [0.4, 0.5) is 0 Å². The molecule has 25 heavy (non-hydrogen) atoms. The number of carbonyl (C=O) groups excluding carboxylic acids is 1. The van der Waals surface area contributed by atoms with Crippen molar-refractivity contribution < 1.29 is 14.6 Å². The standard InChI is InChI=1S/C18H16N4O3/c1-25-17-9-5-3-7-13(17)14-10-15(21-20-14)18(24)22-19-11-12-6-2-4-8-16(12)23/h2-11,23H,1H3,(H,20,21)(H,22,24). The summed E-state index contributed by atoms with van der Waals surface area (Å²) in [7, 11) is 1.58. The number of aromatic amines is 1. The number of aromatic nitrogens is 2. The zero-order chi connectivity index (χ0) is 17.6. The molecule has 3 N–H and O–H groups in total. The molecule has 3 rings (SSSR count). The summed E-state index contributed by atoms with van der Waals surface area (Å²) in [6, 6.07) is 15.7. The molecule has 7 heteroatoms. The Morgan fingerprint density at radius 1 is 1.24 bits per heavy atom. The second kappa shape index (κ2) is 7.31. The van der Waals surface area contributed by atoms with E-state index in [0.29, 0.717) is 17.0 Å². The van der Waals surface area contributed by atoms with E-state index in [2.05, 4.69) is 20.7 Å². The Labute approximate surface area is 144 Å². The third-order valence-corrected chi connectivity index (χ3v) is 3.51. The Balaban J connectivity index is 1.72. The van der Waals surface area contributed by atoms with Gasteiger partial charge in [-0.05, 0) is 30.3 Å². The average Bonchev–Trinajstić information content (AvgIpc) is 3.13. The minimum atomic E-state index is -0.444. The number of carbonyl (C=O) groups is 1. The van der Waals surface area contributed by atoms with Crippen LogP contribution < -0.4 is 10.2 Å². The summed E-state index contributed by atoms with van der Waals surface area (Å²) in [6.45, 7) is 0. The van der Waals surface area contributed by atoms with Gasteiger partial charge in [-0.25, -0.2) is 5.43 Å². The number of methoxy groups -OCH3 is 1. The maximum Gasteiger partial charge on any atom is 0.289 e. The van der Waals surface area contributed by atoms with Crippen LogP contribution in [0.1, 0.15) is 16.1 Å². The Bertz CT molecular complexity index is 918. The van der Waals surface area contributed by atoms with Gasteiger partial charge in [0.25, 0.3) is 5.91 Å². The van der Waals surface area contributed by atoms with Gasteiger partial charge < -0.3 is 9.84 Å². The van der Waals surface area contributed by atoms with Gasteiger partial charge in [0.05, 0.1) is 19.0 Å². The van der Waals surface area contributed by atoms with Crippen molar-refractivity contribution >= 4 is 12.1 Å². The molecular weight excluding hydrogens is 320 g/mol. The molecule has 0 saturated heterocycles. The number of amides is 1. The maximum absolute atomic E-state index is 12.1. The molecule has 0 radical (unpaired) electrons. The predicted octanol–water partition coefficient (Wildman–Crippen LogP) is 2.55. The van der Waals surface area contributed by atoms with E-state index in [4.69, 9.17) is 4.74 Å². The summed E-state index contributed by atoms with van der Waals surface area (Å²) in [4.78, 5) is 12.1. The lowest BCUT2D eigenvalue weighted by Gasteiger charge is -2.04. The fraction of sp³-hybridized carbons (Fsp3) is 0.0556. The minimum Gasteiger partial charge on any atom is -0.507 e. The molecule has 0 saturated carbocycles. The van der Waals surface area contributed by atoms with Crippen molar-refractivity contribution in [2.75, 3.05) is 7.11 Å². The zero-order valence-electron chi connectivity index (χ0n) is 13.4. The smallest absolute Gasteiger partial charge is 0.289 e. The number of benzene rings is 2. The monoisotopic (exact) mass is 336 g/mol. The molecule has 0 unspecified atom stereocenters. The van der Waals surface area contributed by atoms with Crippen molar-refractivity contribution in [3.8, 4) is 22.8 Å². The van der Waals surface area contributed by atoms with E-state index in [1.54, 1.807) is 31.4 Å². The van der Waals surface area contributed by atoms with Crippen LogP contribution in [0.15, 0.2) is 59.7 Å². The number of nitrogens with zero attached hydrogens (tertiary/aromatic N) is 2. The summed E-state index contributed by atoms with van der Waals surface area (Å²) in [5.41, 5.74) is 4.51. The first-order valence-corrected chi connectivity index (χ1v) is 7.49. The molecule has 3 aromatic rings. The van der Waals surface area contributed by atoms with Gasteiger partial charge in [-0.2, -0.15) is 10.2 Å². The van der Waals surface area contributed by atoms with Crippen LogP contribution in [0.3, 0.4) is 0 Å². The first-order valence-electron chi connectivity index (χ1n) is 7.49. The van der Waals surface area contributed by atoms with E-state index in [9.17, 15) is 9.90 Å². The van der Waals surface area contributed by atoms with Crippen LogP contribution in [-0.2, 0) is 0 Å². The molecule has 1 amide bonds. The van der Waals surface area contributed by atoms with Gasteiger partial charge in [0.15, 0.2) is 0 Å². The first-order chi connectivity index (χ1) is 12.2. The Morgan fingerprint density at radius 2 is 2.00 bits per heavy atom. The number of phenols is 1. The number of nitrogens with one attached hydrogen (secondary N) is 2. The molecule has 0 bridgehead atoms. The van der Waals surface area contributed by atoms with E-state index < -0.39 is 5.91 Å². The molecule has 2 aromatic carbocycles. The van der Waals surface area contributed by atoms with Gasteiger partial charge in [0.1, 0.15) is 17.2 Å². The molecule has 0 fully saturated rings. The van der Waals surface area contributed by atoms with Crippen molar-refractivity contribution in [3.63, 3.8) is 0 Å². The van der Waals surface area contributed by atoms with Crippen LogP contribution in [-0.4, -0.2) is 34.5 Å². The molecule has 0 spiro atoms. The lowest BCUT2D eigenvalue weighted by atomic mass is 10.1. The Kier molecular flexibility index (Phi) is 4.75. The molecular formula is C18H16N4O3. The molecule has 1 aromatic heterocycles. The van der Waals surface area contributed by atoms with E-state index in [-0.39, 0.29) is 11.4 Å². The number of phenolic OH excluding ortho intramolecular Hbond substituents is 1. The number of hydrogen-bond acceptors (Lipinski definition) is 5. The van der Waals surface area contributed by atoms with Crippen LogP contribution in [0.25, 0.3) is 11.3 Å². The maximum atomic E-state index is 12.1. The van der Waals surface area contributed by atoms with E-state index >= 15 is 0 Å². The van der Waals surface area contributed by atoms with Crippen molar-refractivity contribution in [3.05, 3.63) is 65.9 Å². The third kappa shape index (κ3) is 3.66. The van der Waals surface area contributed by atoms with Crippen molar-refractivity contribution in [2.45, 2.75) is 0 Å². The molecule has 1 heterocycles. The number of para-hydroxylation sites is 2. The predicted molar refractivity (Wildman–Crippen MR) is 93.7 cm³/mol. The number of hydrazone groups is 1. The lowest BCUT2D eigenvalue weighted by Crippen LogP contribution is -2.18. The van der Waals surface area contributed by atoms with Crippen LogP contribution >= 0.6 is 0 Å². The topological polar surface area (TPSA) is 99.6 Å². The van der Waals surface area contributed by atoms with E-state index in [0.717, 1.165) is 5.56 Å². The summed E-state index contributed by atoms with van der Waals surface area (Å²) >= 11 is 0. The van der Waals surface area contributed by atoms with Gasteiger partial charge in [-0.1, -0.05) is 24.3 Å². The highest BCUT2D eigenvalue weighted by molar-refractivity contribution is 5.94. The molecule has 0 aliphatic heterocycles. The number of hydrogen-bond donors (Lipinski definition) is 3. The number of H-pyrrole nitrogens is 1. The van der Waals surface area contributed by atoms with E-state index in [1.165, 1.54) is 12.3 Å². The molecule has 7 nitrogen and oxygen atoms in total. The normalized spacial score (nSPS) is 10.8. The van der Waals surface area contributed by atoms with Crippen LogP contribution in [0, 0.1) is 0 Å². The van der Waals surface area contributed by atoms with Gasteiger partial charge in [-0.3, -0.25) is 9.89 Å². The first kappa shape index (κ1) is 16.3. The van der Waals surface area contributed by atoms with Gasteiger partial charge in [-0.15, -0.1) is 0 Å². The number of aromatic hydroxyl groups is 1. The van der Waals surface area contributed by atoms with Crippen molar-refractivity contribution in [1.82, 2.24) is 15.6 Å². The number of rotatable bonds is 5. The SMILES string of the molecule is COc1ccccc1-c1cc(C(=O)NN=Cc2ccccc2O)[nH]n1. The van der Waals surface area contributed by atoms with Crippen molar-refractivity contribution in [1.29, 1.82) is 0 Å². The minimum absolute atomic E-state index is 0.0838. The highest BCUT2D eigenvalue weighted by Crippen LogP contribution is 2.28. The lowest BCUT2D eigenvalue weighted by molar-refractivity contribution is 0.0950. The number of ether oxygens (including phenoxy) is 1. The Hall–Kier alpha value is -3.61. The average molecular weight is 336 g/mol. The van der Waals surface area contributed by atoms with Gasteiger partial charge in [0, 0.05) is 11.1 Å². The Morgan fingerprint density at radius 3 is 2.80 bits per heavy atom. The second-order valence-corrected chi connectivity index (χ2v) is 5.13. The highest BCUT2D eigenvalue weighted by atomic mass is 16.5. The van der Waals surface area contributed by atoms with E-state index in [1.807, 2.05) is 24.3 Å². The fourth-order valence-corrected chi connectivity index (χ4v) is 2.25.